The Morgan fingerprint density at radius 1 is 1.48 bits per heavy atom. The summed E-state index contributed by atoms with van der Waals surface area (Å²) in [6.45, 7) is 7.74. The van der Waals surface area contributed by atoms with Crippen molar-refractivity contribution in [2.45, 2.75) is 26.5 Å². The number of aryl methyl sites for hydroxylation is 1. The second-order valence-electron chi connectivity index (χ2n) is 5.63. The molecule has 1 aliphatic rings. The molecule has 0 bridgehead atoms. The minimum atomic E-state index is -0.0722. The SMILES string of the molecule is C=CCOCc1cncc2c1CCN(C(=O)c1ccc(C)o1)C2. The summed E-state index contributed by atoms with van der Waals surface area (Å²) < 4.78 is 11.0. The first-order chi connectivity index (χ1) is 11.2. The Kier molecular flexibility index (Phi) is 4.57. The first-order valence-electron chi connectivity index (χ1n) is 7.68. The molecule has 2 aromatic heterocycles. The number of ether oxygens (including phenoxy) is 1. The first kappa shape index (κ1) is 15.5. The number of carbonyl (C=O) groups excluding carboxylic acids is 1. The molecule has 5 heteroatoms. The summed E-state index contributed by atoms with van der Waals surface area (Å²) in [6, 6.07) is 3.53. The molecule has 5 nitrogen and oxygen atoms in total. The topological polar surface area (TPSA) is 55.6 Å². The maximum Gasteiger partial charge on any atom is 0.289 e. The number of pyridine rings is 1. The quantitative estimate of drug-likeness (QED) is 0.629. The summed E-state index contributed by atoms with van der Waals surface area (Å²) in [5.41, 5.74) is 3.40. The van der Waals surface area contributed by atoms with Gasteiger partial charge in [0.25, 0.3) is 5.91 Å². The van der Waals surface area contributed by atoms with Gasteiger partial charge in [0.1, 0.15) is 5.76 Å². The van der Waals surface area contributed by atoms with Gasteiger partial charge in [-0.3, -0.25) is 9.78 Å². The Morgan fingerprint density at radius 2 is 2.35 bits per heavy atom. The Hall–Kier alpha value is -2.40. The Morgan fingerprint density at radius 3 is 3.09 bits per heavy atom. The van der Waals surface area contributed by atoms with Gasteiger partial charge in [-0.25, -0.2) is 0 Å². The standard InChI is InChI=1S/C18H20N2O3/c1-3-8-22-12-15-10-19-9-14-11-20(7-6-16(14)15)18(21)17-5-4-13(2)23-17/h3-5,9-10H,1,6-8,11-12H2,2H3. The van der Waals surface area contributed by atoms with E-state index in [1.54, 1.807) is 17.0 Å². The minimum absolute atomic E-state index is 0.0722. The van der Waals surface area contributed by atoms with Gasteiger partial charge >= 0.3 is 0 Å². The van der Waals surface area contributed by atoms with Crippen LogP contribution in [0.2, 0.25) is 0 Å². The van der Waals surface area contributed by atoms with E-state index in [0.717, 1.165) is 23.3 Å². The van der Waals surface area contributed by atoms with Crippen molar-refractivity contribution in [3.63, 3.8) is 0 Å². The van der Waals surface area contributed by atoms with Crippen molar-refractivity contribution in [1.29, 1.82) is 0 Å². The van der Waals surface area contributed by atoms with E-state index in [4.69, 9.17) is 9.15 Å². The Balaban J connectivity index is 1.74. The van der Waals surface area contributed by atoms with Gasteiger partial charge in [0.15, 0.2) is 5.76 Å². The summed E-state index contributed by atoms with van der Waals surface area (Å²) in [6.07, 6.45) is 6.21. The summed E-state index contributed by atoms with van der Waals surface area (Å²) in [7, 11) is 0. The van der Waals surface area contributed by atoms with Crippen LogP contribution < -0.4 is 0 Å². The molecule has 0 aliphatic carbocycles. The third-order valence-corrected chi connectivity index (χ3v) is 3.96. The van der Waals surface area contributed by atoms with Crippen molar-refractivity contribution < 1.29 is 13.9 Å². The van der Waals surface area contributed by atoms with E-state index in [2.05, 4.69) is 11.6 Å². The predicted molar refractivity (Wildman–Crippen MR) is 86.0 cm³/mol. The van der Waals surface area contributed by atoms with E-state index in [0.29, 0.717) is 32.1 Å². The summed E-state index contributed by atoms with van der Waals surface area (Å²) >= 11 is 0. The molecule has 1 aliphatic heterocycles. The normalized spacial score (nSPS) is 13.7. The van der Waals surface area contributed by atoms with Gasteiger partial charge < -0.3 is 14.1 Å². The molecular weight excluding hydrogens is 292 g/mol. The van der Waals surface area contributed by atoms with E-state index >= 15 is 0 Å². The van der Waals surface area contributed by atoms with Gasteiger partial charge in [0, 0.05) is 25.5 Å². The van der Waals surface area contributed by atoms with Gasteiger partial charge in [-0.05, 0) is 42.2 Å². The summed E-state index contributed by atoms with van der Waals surface area (Å²) in [5, 5.41) is 0. The van der Waals surface area contributed by atoms with Crippen LogP contribution in [0.25, 0.3) is 0 Å². The van der Waals surface area contributed by atoms with E-state index in [9.17, 15) is 4.79 Å². The molecule has 0 saturated carbocycles. The van der Waals surface area contributed by atoms with Crippen LogP contribution in [0.15, 0.2) is 41.6 Å². The highest BCUT2D eigenvalue weighted by atomic mass is 16.5. The molecule has 120 valence electrons. The molecule has 0 atom stereocenters. The van der Waals surface area contributed by atoms with Crippen LogP contribution in [-0.4, -0.2) is 28.9 Å². The lowest BCUT2D eigenvalue weighted by Gasteiger charge is -2.29. The molecule has 2 aromatic rings. The van der Waals surface area contributed by atoms with Crippen LogP contribution in [0, 0.1) is 6.92 Å². The number of amides is 1. The highest BCUT2D eigenvalue weighted by Gasteiger charge is 2.25. The molecule has 0 aromatic carbocycles. The Labute approximate surface area is 135 Å². The van der Waals surface area contributed by atoms with Crippen molar-refractivity contribution in [2.24, 2.45) is 0 Å². The molecule has 23 heavy (non-hydrogen) atoms. The zero-order valence-corrected chi connectivity index (χ0v) is 13.2. The Bertz CT molecular complexity index is 721. The molecule has 0 N–H and O–H groups in total. The van der Waals surface area contributed by atoms with E-state index in [-0.39, 0.29) is 5.91 Å². The largest absolute Gasteiger partial charge is 0.456 e. The van der Waals surface area contributed by atoms with Crippen LogP contribution in [0.1, 0.15) is 33.0 Å². The molecule has 0 radical (unpaired) electrons. The lowest BCUT2D eigenvalue weighted by Crippen LogP contribution is -2.36. The van der Waals surface area contributed by atoms with Crippen LogP contribution in [0.5, 0.6) is 0 Å². The molecule has 0 unspecified atom stereocenters. The monoisotopic (exact) mass is 312 g/mol. The minimum Gasteiger partial charge on any atom is -0.456 e. The number of aromatic nitrogens is 1. The second kappa shape index (κ2) is 6.79. The second-order valence-corrected chi connectivity index (χ2v) is 5.63. The van der Waals surface area contributed by atoms with Gasteiger partial charge in [0.2, 0.25) is 0 Å². The number of rotatable bonds is 5. The van der Waals surface area contributed by atoms with Crippen LogP contribution in [-0.2, 0) is 24.3 Å². The van der Waals surface area contributed by atoms with Crippen LogP contribution in [0.3, 0.4) is 0 Å². The smallest absolute Gasteiger partial charge is 0.289 e. The number of hydrogen-bond donors (Lipinski definition) is 0. The number of carbonyl (C=O) groups is 1. The number of furan rings is 1. The lowest BCUT2D eigenvalue weighted by atomic mass is 9.97. The number of hydrogen-bond acceptors (Lipinski definition) is 4. The van der Waals surface area contributed by atoms with E-state index in [1.165, 1.54) is 5.56 Å². The lowest BCUT2D eigenvalue weighted by molar-refractivity contribution is 0.0699. The fraction of sp³-hybridized carbons (Fsp3) is 0.333. The van der Waals surface area contributed by atoms with Crippen molar-refractivity contribution in [2.75, 3.05) is 13.2 Å². The predicted octanol–water partition coefficient (Wildman–Crippen LogP) is 2.88. The molecular formula is C18H20N2O3. The molecule has 1 amide bonds. The van der Waals surface area contributed by atoms with Gasteiger partial charge in [-0.1, -0.05) is 6.08 Å². The highest BCUT2D eigenvalue weighted by molar-refractivity contribution is 5.91. The third kappa shape index (κ3) is 3.35. The maximum atomic E-state index is 12.5. The number of fused-ring (bicyclic) bond motifs is 1. The fourth-order valence-electron chi connectivity index (χ4n) is 2.82. The van der Waals surface area contributed by atoms with E-state index in [1.807, 2.05) is 25.4 Å². The van der Waals surface area contributed by atoms with Crippen molar-refractivity contribution in [1.82, 2.24) is 9.88 Å². The molecule has 3 heterocycles. The van der Waals surface area contributed by atoms with Crippen LogP contribution >= 0.6 is 0 Å². The van der Waals surface area contributed by atoms with Crippen molar-refractivity contribution >= 4 is 5.91 Å². The third-order valence-electron chi connectivity index (χ3n) is 3.96. The average molecular weight is 312 g/mol. The first-order valence-corrected chi connectivity index (χ1v) is 7.68. The number of nitrogens with zero attached hydrogens (tertiary/aromatic N) is 2. The van der Waals surface area contributed by atoms with Crippen molar-refractivity contribution in [3.8, 4) is 0 Å². The zero-order chi connectivity index (χ0) is 16.2. The average Bonchev–Trinajstić information content (AvgIpc) is 3.00. The molecule has 0 saturated heterocycles. The molecule has 3 rings (SSSR count). The van der Waals surface area contributed by atoms with Crippen molar-refractivity contribution in [3.05, 3.63) is 65.4 Å². The highest BCUT2D eigenvalue weighted by Crippen LogP contribution is 2.24. The molecule has 0 fully saturated rings. The summed E-state index contributed by atoms with van der Waals surface area (Å²) in [4.78, 5) is 18.6. The maximum absolute atomic E-state index is 12.5. The van der Waals surface area contributed by atoms with Crippen LogP contribution in [0.4, 0.5) is 0 Å². The molecule has 0 spiro atoms. The zero-order valence-electron chi connectivity index (χ0n) is 13.2. The van der Waals surface area contributed by atoms with Gasteiger partial charge in [-0.15, -0.1) is 6.58 Å². The van der Waals surface area contributed by atoms with E-state index < -0.39 is 0 Å². The fourth-order valence-corrected chi connectivity index (χ4v) is 2.82. The van der Waals surface area contributed by atoms with Gasteiger partial charge in [0.05, 0.1) is 13.2 Å². The van der Waals surface area contributed by atoms with Gasteiger partial charge in [-0.2, -0.15) is 0 Å². The summed E-state index contributed by atoms with van der Waals surface area (Å²) in [5.74, 6) is 1.07.